The number of nitrogens with zero attached hydrogens (tertiary/aromatic N) is 2. The molecule has 0 saturated carbocycles. The van der Waals surface area contributed by atoms with Crippen molar-refractivity contribution in [2.75, 3.05) is 26.7 Å². The number of hydrogen-bond acceptors (Lipinski definition) is 2. The number of carbonyl (C=O) groups is 1. The van der Waals surface area contributed by atoms with Crippen LogP contribution in [0.2, 0.25) is 0 Å². The summed E-state index contributed by atoms with van der Waals surface area (Å²) in [5.41, 5.74) is 2.61. The molecule has 1 aromatic rings. The van der Waals surface area contributed by atoms with Crippen LogP contribution < -0.4 is 10.6 Å². The summed E-state index contributed by atoms with van der Waals surface area (Å²) in [5.74, 6) is 0.936. The molecule has 0 saturated heterocycles. The summed E-state index contributed by atoms with van der Waals surface area (Å²) in [6.07, 6.45) is 1.06. The maximum Gasteiger partial charge on any atom is 0.222 e. The highest BCUT2D eigenvalue weighted by Gasteiger charge is 2.07. The fraction of sp³-hybridized carbons (Fsp3) is 0.579. The molecular formula is C19H33IN4O. The lowest BCUT2D eigenvalue weighted by molar-refractivity contribution is -0.123. The number of nitrogens with one attached hydrogen (secondary N) is 2. The van der Waals surface area contributed by atoms with Gasteiger partial charge in [-0.2, -0.15) is 0 Å². The number of benzene rings is 1. The first-order valence-corrected chi connectivity index (χ1v) is 8.82. The smallest absolute Gasteiger partial charge is 0.222 e. The Balaban J connectivity index is 0.00000576. The van der Waals surface area contributed by atoms with Gasteiger partial charge in [-0.25, -0.2) is 0 Å². The molecule has 142 valence electrons. The average molecular weight is 460 g/mol. The van der Waals surface area contributed by atoms with Gasteiger partial charge in [0.05, 0.1) is 6.54 Å². The minimum absolute atomic E-state index is 0. The number of guanidine groups is 1. The van der Waals surface area contributed by atoms with Gasteiger partial charge in [-0.05, 0) is 24.5 Å². The molecule has 0 unspecified atom stereocenters. The minimum atomic E-state index is 0. The van der Waals surface area contributed by atoms with Gasteiger partial charge in [0.1, 0.15) is 0 Å². The first-order valence-electron chi connectivity index (χ1n) is 8.82. The van der Waals surface area contributed by atoms with Crippen molar-refractivity contribution in [3.8, 4) is 0 Å². The van der Waals surface area contributed by atoms with Crippen LogP contribution in [0, 0.1) is 5.92 Å². The van der Waals surface area contributed by atoms with E-state index in [1.54, 1.807) is 0 Å². The molecule has 0 atom stereocenters. The molecule has 5 nitrogen and oxygen atoms in total. The highest BCUT2D eigenvalue weighted by atomic mass is 127. The maximum absolute atomic E-state index is 11.6. The Labute approximate surface area is 169 Å². The van der Waals surface area contributed by atoms with Crippen LogP contribution in [0.1, 0.15) is 38.8 Å². The molecule has 0 aliphatic heterocycles. The molecule has 0 radical (unpaired) electrons. The van der Waals surface area contributed by atoms with Crippen molar-refractivity contribution in [1.29, 1.82) is 0 Å². The molecule has 1 aromatic carbocycles. The molecule has 0 spiro atoms. The second-order valence-corrected chi connectivity index (χ2v) is 6.21. The Morgan fingerprint density at radius 1 is 1.12 bits per heavy atom. The largest absolute Gasteiger partial charge is 0.357 e. The third-order valence-corrected chi connectivity index (χ3v) is 3.74. The molecule has 0 bridgehead atoms. The van der Waals surface area contributed by atoms with E-state index < -0.39 is 0 Å². The summed E-state index contributed by atoms with van der Waals surface area (Å²) >= 11 is 0. The molecule has 1 amide bonds. The van der Waals surface area contributed by atoms with Crippen molar-refractivity contribution < 1.29 is 4.79 Å². The monoisotopic (exact) mass is 460 g/mol. The number of aliphatic imine (C=N–C) groups is 1. The average Bonchev–Trinajstić information content (AvgIpc) is 2.57. The van der Waals surface area contributed by atoms with E-state index in [-0.39, 0.29) is 35.8 Å². The van der Waals surface area contributed by atoms with Crippen LogP contribution in [-0.4, -0.2) is 43.4 Å². The Bertz CT molecular complexity index is 529. The second kappa shape index (κ2) is 13.0. The van der Waals surface area contributed by atoms with Crippen molar-refractivity contribution >= 4 is 35.8 Å². The third-order valence-electron chi connectivity index (χ3n) is 3.74. The summed E-state index contributed by atoms with van der Waals surface area (Å²) in [7, 11) is 2.03. The van der Waals surface area contributed by atoms with Crippen molar-refractivity contribution in [3.63, 3.8) is 0 Å². The van der Waals surface area contributed by atoms with Crippen molar-refractivity contribution in [3.05, 3.63) is 35.4 Å². The topological polar surface area (TPSA) is 56.7 Å². The second-order valence-electron chi connectivity index (χ2n) is 6.21. The van der Waals surface area contributed by atoms with E-state index in [1.165, 1.54) is 11.1 Å². The van der Waals surface area contributed by atoms with Gasteiger partial charge in [-0.1, -0.05) is 45.0 Å². The van der Waals surface area contributed by atoms with Gasteiger partial charge in [0, 0.05) is 32.6 Å². The number of aryl methyl sites for hydroxylation is 1. The molecule has 2 N–H and O–H groups in total. The lowest BCUT2D eigenvalue weighted by atomic mass is 10.1. The van der Waals surface area contributed by atoms with Crippen LogP contribution in [0.15, 0.2) is 29.3 Å². The quantitative estimate of drug-likeness (QED) is 0.272. The number of hydrogen-bond donors (Lipinski definition) is 2. The van der Waals surface area contributed by atoms with Gasteiger partial charge in [-0.15, -0.1) is 24.0 Å². The highest BCUT2D eigenvalue weighted by Crippen LogP contribution is 2.07. The van der Waals surface area contributed by atoms with Crippen LogP contribution in [-0.2, 0) is 17.8 Å². The normalized spacial score (nSPS) is 11.0. The molecule has 0 heterocycles. The van der Waals surface area contributed by atoms with E-state index in [4.69, 9.17) is 0 Å². The van der Waals surface area contributed by atoms with Gasteiger partial charge < -0.3 is 15.5 Å². The molecule has 1 rings (SSSR count). The van der Waals surface area contributed by atoms with Crippen molar-refractivity contribution in [2.45, 2.75) is 40.7 Å². The van der Waals surface area contributed by atoms with E-state index in [0.717, 1.165) is 25.5 Å². The van der Waals surface area contributed by atoms with E-state index in [0.29, 0.717) is 13.1 Å². The van der Waals surface area contributed by atoms with E-state index in [9.17, 15) is 4.79 Å². The van der Waals surface area contributed by atoms with Crippen LogP contribution in [0.5, 0.6) is 0 Å². The zero-order valence-electron chi connectivity index (χ0n) is 16.1. The molecule has 0 fully saturated rings. The fourth-order valence-corrected chi connectivity index (χ4v) is 2.24. The highest BCUT2D eigenvalue weighted by molar-refractivity contribution is 14.0. The standard InChI is InChI=1S/C19H32N4O.HI/c1-6-16-8-10-17(11-9-16)14-23(5)19(20-7-2)22-13-12-21-18(24)15(3)4;/h8-11,15H,6-7,12-14H2,1-5H3,(H,20,22)(H,21,24);1H. The van der Waals surface area contributed by atoms with E-state index in [1.807, 2.05) is 20.9 Å². The van der Waals surface area contributed by atoms with E-state index in [2.05, 4.69) is 58.6 Å². The summed E-state index contributed by atoms with van der Waals surface area (Å²) in [6.45, 7) is 10.7. The van der Waals surface area contributed by atoms with Crippen molar-refractivity contribution in [2.24, 2.45) is 10.9 Å². The third kappa shape index (κ3) is 9.09. The molecule has 6 heteroatoms. The number of carbonyl (C=O) groups excluding carboxylic acids is 1. The zero-order valence-corrected chi connectivity index (χ0v) is 18.5. The van der Waals surface area contributed by atoms with Gasteiger partial charge in [0.15, 0.2) is 5.96 Å². The molecule has 0 aliphatic rings. The van der Waals surface area contributed by atoms with Crippen LogP contribution in [0.25, 0.3) is 0 Å². The Morgan fingerprint density at radius 3 is 2.24 bits per heavy atom. The molecule has 0 aliphatic carbocycles. The molecule has 0 aromatic heterocycles. The zero-order chi connectivity index (χ0) is 17.9. The van der Waals surface area contributed by atoms with Crippen LogP contribution in [0.3, 0.4) is 0 Å². The lowest BCUT2D eigenvalue weighted by Gasteiger charge is -2.22. The SMILES string of the molecule is CCNC(=NCCNC(=O)C(C)C)N(C)Cc1ccc(CC)cc1.I. The first-order chi connectivity index (χ1) is 11.5. The van der Waals surface area contributed by atoms with Crippen molar-refractivity contribution in [1.82, 2.24) is 15.5 Å². The van der Waals surface area contributed by atoms with Gasteiger partial charge in [0.2, 0.25) is 5.91 Å². The predicted molar refractivity (Wildman–Crippen MR) is 117 cm³/mol. The van der Waals surface area contributed by atoms with Crippen LogP contribution >= 0.6 is 24.0 Å². The molecular weight excluding hydrogens is 427 g/mol. The number of halogens is 1. The van der Waals surface area contributed by atoms with Gasteiger partial charge >= 0.3 is 0 Å². The summed E-state index contributed by atoms with van der Waals surface area (Å²) in [6, 6.07) is 8.69. The number of amides is 1. The van der Waals surface area contributed by atoms with Gasteiger partial charge in [-0.3, -0.25) is 9.79 Å². The Morgan fingerprint density at radius 2 is 1.72 bits per heavy atom. The van der Waals surface area contributed by atoms with Gasteiger partial charge in [0.25, 0.3) is 0 Å². The van der Waals surface area contributed by atoms with E-state index >= 15 is 0 Å². The predicted octanol–water partition coefficient (Wildman–Crippen LogP) is 3.04. The lowest BCUT2D eigenvalue weighted by Crippen LogP contribution is -2.39. The summed E-state index contributed by atoms with van der Waals surface area (Å²) in [4.78, 5) is 18.3. The maximum atomic E-state index is 11.6. The summed E-state index contributed by atoms with van der Waals surface area (Å²) in [5, 5.41) is 6.19. The first kappa shape index (κ1) is 23.7. The Hall–Kier alpha value is -1.31. The molecule has 25 heavy (non-hydrogen) atoms. The fourth-order valence-electron chi connectivity index (χ4n) is 2.24. The Kier molecular flexibility index (Phi) is 12.3. The number of rotatable bonds is 8. The van der Waals surface area contributed by atoms with Crippen LogP contribution in [0.4, 0.5) is 0 Å². The summed E-state index contributed by atoms with van der Waals surface area (Å²) < 4.78 is 0. The minimum Gasteiger partial charge on any atom is -0.357 e.